The van der Waals surface area contributed by atoms with Crippen LogP contribution in [0.1, 0.15) is 67.4 Å². The highest BCUT2D eigenvalue weighted by Crippen LogP contribution is 2.26. The summed E-state index contributed by atoms with van der Waals surface area (Å²) in [5, 5.41) is 4.16. The summed E-state index contributed by atoms with van der Waals surface area (Å²) in [6, 6.07) is 6.86. The van der Waals surface area contributed by atoms with Crippen LogP contribution in [-0.4, -0.2) is 57.1 Å². The van der Waals surface area contributed by atoms with E-state index in [1.807, 2.05) is 0 Å². The zero-order chi connectivity index (χ0) is 28.3. The second-order valence-corrected chi connectivity index (χ2v) is 11.0. The molecule has 0 spiro atoms. The van der Waals surface area contributed by atoms with Crippen molar-refractivity contribution in [1.29, 1.82) is 0 Å². The van der Waals surface area contributed by atoms with Crippen LogP contribution in [0, 0.1) is 0 Å². The molecule has 1 aromatic carbocycles. The van der Waals surface area contributed by atoms with Crippen LogP contribution in [0.15, 0.2) is 35.8 Å². The largest absolute Gasteiger partial charge is 0.444 e. The third kappa shape index (κ3) is 7.38. The van der Waals surface area contributed by atoms with E-state index in [0.717, 1.165) is 11.3 Å². The smallest absolute Gasteiger partial charge is 0.419 e. The van der Waals surface area contributed by atoms with Crippen molar-refractivity contribution in [3.63, 3.8) is 0 Å². The summed E-state index contributed by atoms with van der Waals surface area (Å²) in [6.07, 6.45) is -0.0290. The van der Waals surface area contributed by atoms with Crippen LogP contribution in [0.5, 0.6) is 0 Å². The molecule has 202 valence electrons. The number of nitrogens with zero attached hydrogens (tertiary/aromatic N) is 2. The zero-order valence-electron chi connectivity index (χ0n) is 21.8. The maximum absolute atomic E-state index is 13.3. The minimum atomic E-state index is -0.783. The molecule has 3 amide bonds. The molecule has 2 heterocycles. The maximum Gasteiger partial charge on any atom is 0.419 e. The zero-order valence-corrected chi connectivity index (χ0v) is 22.6. The monoisotopic (exact) mass is 543 g/mol. The Bertz CT molecular complexity index is 1390. The van der Waals surface area contributed by atoms with Crippen molar-refractivity contribution in [2.24, 2.45) is 0 Å². The standard InChI is InChI=1S/C25H29N5O7S/c1-24(2,3)36-22(34)26-11-18(31)28-29-20(33)16-13-38-21(27-16)19(32)15-12-30(23(35)37-25(4,5)6)17-10-8-7-9-14(15)17/h7-10,12-13H,11H2,1-6H3,(H,26,34)(H,28,31)(H,29,33). The Morgan fingerprint density at radius 1 is 0.947 bits per heavy atom. The van der Waals surface area contributed by atoms with Gasteiger partial charge in [-0.25, -0.2) is 14.6 Å². The average molecular weight is 544 g/mol. The number of carbonyl (C=O) groups is 5. The topological polar surface area (TPSA) is 158 Å². The quantitative estimate of drug-likeness (QED) is 0.326. The Morgan fingerprint density at radius 3 is 2.26 bits per heavy atom. The van der Waals surface area contributed by atoms with Crippen LogP contribution in [0.3, 0.4) is 0 Å². The lowest BCUT2D eigenvalue weighted by Crippen LogP contribution is -2.47. The number of amides is 3. The summed E-state index contributed by atoms with van der Waals surface area (Å²) in [4.78, 5) is 66.0. The van der Waals surface area contributed by atoms with Crippen molar-refractivity contribution >= 4 is 52.0 Å². The molecule has 2 aromatic heterocycles. The van der Waals surface area contributed by atoms with E-state index >= 15 is 0 Å². The number of hydrogen-bond acceptors (Lipinski definition) is 9. The van der Waals surface area contributed by atoms with Crippen LogP contribution in [-0.2, 0) is 14.3 Å². The Balaban J connectivity index is 1.67. The molecule has 0 saturated carbocycles. The van der Waals surface area contributed by atoms with Gasteiger partial charge in [-0.3, -0.25) is 29.8 Å². The summed E-state index contributed by atoms with van der Waals surface area (Å²) in [5.41, 5.74) is 3.46. The number of aromatic nitrogens is 2. The highest BCUT2D eigenvalue weighted by molar-refractivity contribution is 7.12. The first-order chi connectivity index (χ1) is 17.6. The van der Waals surface area contributed by atoms with Gasteiger partial charge in [0, 0.05) is 17.0 Å². The number of thiazole rings is 1. The molecule has 0 saturated heterocycles. The average Bonchev–Trinajstić information content (AvgIpc) is 3.44. The fourth-order valence-corrected chi connectivity index (χ4v) is 3.87. The molecule has 0 fully saturated rings. The number of fused-ring (bicyclic) bond motifs is 1. The van der Waals surface area contributed by atoms with Gasteiger partial charge in [0.15, 0.2) is 5.01 Å². The Labute approximate surface area is 222 Å². The van der Waals surface area contributed by atoms with E-state index in [4.69, 9.17) is 9.47 Å². The van der Waals surface area contributed by atoms with E-state index in [-0.39, 0.29) is 16.3 Å². The molecule has 0 unspecified atom stereocenters. The molecule has 13 heteroatoms. The number of ketones is 1. The molecule has 0 aliphatic carbocycles. The van der Waals surface area contributed by atoms with E-state index in [0.29, 0.717) is 10.9 Å². The van der Waals surface area contributed by atoms with Gasteiger partial charge in [0.1, 0.15) is 23.4 Å². The van der Waals surface area contributed by atoms with Gasteiger partial charge >= 0.3 is 12.2 Å². The normalized spacial score (nSPS) is 11.5. The third-order valence-corrected chi connectivity index (χ3v) is 5.43. The molecule has 38 heavy (non-hydrogen) atoms. The van der Waals surface area contributed by atoms with Crippen LogP contribution in [0.2, 0.25) is 0 Å². The van der Waals surface area contributed by atoms with Gasteiger partial charge in [0.25, 0.3) is 11.8 Å². The van der Waals surface area contributed by atoms with Crippen LogP contribution in [0.25, 0.3) is 10.9 Å². The molecule has 12 nitrogen and oxygen atoms in total. The number of rotatable bonds is 5. The van der Waals surface area contributed by atoms with Crippen LogP contribution < -0.4 is 16.2 Å². The molecular weight excluding hydrogens is 514 g/mol. The molecular formula is C25H29N5O7S. The Morgan fingerprint density at radius 2 is 1.61 bits per heavy atom. The maximum atomic E-state index is 13.3. The minimum absolute atomic E-state index is 0.0140. The molecule has 3 rings (SSSR count). The Kier molecular flexibility index (Phi) is 8.20. The molecule has 0 atom stereocenters. The second-order valence-electron chi connectivity index (χ2n) is 10.1. The van der Waals surface area contributed by atoms with Crippen molar-refractivity contribution in [3.05, 3.63) is 52.1 Å². The van der Waals surface area contributed by atoms with E-state index in [9.17, 15) is 24.0 Å². The van der Waals surface area contributed by atoms with Crippen molar-refractivity contribution in [1.82, 2.24) is 25.7 Å². The molecule has 0 aliphatic rings. The van der Waals surface area contributed by atoms with Crippen molar-refractivity contribution in [3.8, 4) is 0 Å². The van der Waals surface area contributed by atoms with Crippen molar-refractivity contribution in [2.45, 2.75) is 52.7 Å². The summed E-state index contributed by atoms with van der Waals surface area (Å²) in [6.45, 7) is 9.83. The van der Waals surface area contributed by atoms with Gasteiger partial charge in [0.05, 0.1) is 11.1 Å². The van der Waals surface area contributed by atoms with Gasteiger partial charge in [0.2, 0.25) is 5.78 Å². The first-order valence-electron chi connectivity index (χ1n) is 11.5. The van der Waals surface area contributed by atoms with Gasteiger partial charge in [-0.15, -0.1) is 11.3 Å². The van der Waals surface area contributed by atoms with Crippen LogP contribution in [0.4, 0.5) is 9.59 Å². The van der Waals surface area contributed by atoms with E-state index in [1.54, 1.807) is 65.8 Å². The SMILES string of the molecule is CC(C)(C)OC(=O)NCC(=O)NNC(=O)c1csc(C(=O)c2cn(C(=O)OC(C)(C)C)c3ccccc23)n1. The second kappa shape index (κ2) is 11.0. The number of ether oxygens (including phenoxy) is 2. The summed E-state index contributed by atoms with van der Waals surface area (Å²) < 4.78 is 11.7. The predicted molar refractivity (Wildman–Crippen MR) is 139 cm³/mol. The van der Waals surface area contributed by atoms with Crippen molar-refractivity contribution in [2.75, 3.05) is 6.54 Å². The minimum Gasteiger partial charge on any atom is -0.444 e. The Hall–Kier alpha value is -4.26. The molecule has 0 radical (unpaired) electrons. The fraction of sp³-hybridized carbons (Fsp3) is 0.360. The van der Waals surface area contributed by atoms with Crippen LogP contribution >= 0.6 is 11.3 Å². The highest BCUT2D eigenvalue weighted by Gasteiger charge is 2.25. The molecule has 0 aliphatic heterocycles. The number of benzene rings is 1. The first kappa shape index (κ1) is 28.3. The first-order valence-corrected chi connectivity index (χ1v) is 12.4. The highest BCUT2D eigenvalue weighted by atomic mass is 32.1. The molecule has 0 bridgehead atoms. The lowest BCUT2D eigenvalue weighted by molar-refractivity contribution is -0.121. The molecule has 3 aromatic rings. The number of nitrogens with one attached hydrogen (secondary N) is 3. The molecule has 3 N–H and O–H groups in total. The number of carbonyl (C=O) groups excluding carboxylic acids is 5. The summed E-state index contributed by atoms with van der Waals surface area (Å²) in [7, 11) is 0. The van der Waals surface area contributed by atoms with E-state index in [1.165, 1.54) is 16.1 Å². The lowest BCUT2D eigenvalue weighted by Gasteiger charge is -2.19. The number of hydrogen-bond donors (Lipinski definition) is 3. The number of para-hydroxylation sites is 1. The van der Waals surface area contributed by atoms with Gasteiger partial charge < -0.3 is 14.8 Å². The van der Waals surface area contributed by atoms with E-state index in [2.05, 4.69) is 21.2 Å². The van der Waals surface area contributed by atoms with Gasteiger partial charge in [-0.2, -0.15) is 0 Å². The summed E-state index contributed by atoms with van der Waals surface area (Å²) >= 11 is 0.938. The number of hydrazine groups is 1. The van der Waals surface area contributed by atoms with Gasteiger partial charge in [-0.05, 0) is 47.6 Å². The van der Waals surface area contributed by atoms with Gasteiger partial charge in [-0.1, -0.05) is 18.2 Å². The third-order valence-electron chi connectivity index (χ3n) is 4.59. The number of alkyl carbamates (subject to hydrolysis) is 1. The van der Waals surface area contributed by atoms with E-state index < -0.39 is 47.5 Å². The van der Waals surface area contributed by atoms with Crippen molar-refractivity contribution < 1.29 is 33.4 Å². The summed E-state index contributed by atoms with van der Waals surface area (Å²) in [5.74, 6) is -1.95. The predicted octanol–water partition coefficient (Wildman–Crippen LogP) is 3.40. The fourth-order valence-electron chi connectivity index (χ4n) is 3.12. The lowest BCUT2D eigenvalue weighted by atomic mass is 10.1.